The van der Waals surface area contributed by atoms with Crippen molar-refractivity contribution in [2.75, 3.05) is 18.5 Å². The number of aryl methyl sites for hydroxylation is 1. The van der Waals surface area contributed by atoms with E-state index in [0.717, 1.165) is 16.6 Å². The Morgan fingerprint density at radius 2 is 1.75 bits per heavy atom. The van der Waals surface area contributed by atoms with Gasteiger partial charge in [0.2, 0.25) is 5.91 Å². The number of hydrogen-bond donors (Lipinski definition) is 1. The molecule has 0 fully saturated rings. The van der Waals surface area contributed by atoms with Gasteiger partial charge in [0.05, 0.1) is 10.7 Å². The summed E-state index contributed by atoms with van der Waals surface area (Å²) in [6.07, 6.45) is -0.738. The molecule has 2 amide bonds. The molecule has 0 aliphatic carbocycles. The maximum atomic E-state index is 12.7. The van der Waals surface area contributed by atoms with E-state index in [9.17, 15) is 9.59 Å². The highest BCUT2D eigenvalue weighted by molar-refractivity contribution is 6.38. The number of nitrogens with one attached hydrogen (secondary N) is 1. The van der Waals surface area contributed by atoms with Gasteiger partial charge in [-0.15, -0.1) is 0 Å². The molecule has 7 nitrogen and oxygen atoms in total. The van der Waals surface area contributed by atoms with Crippen LogP contribution < -0.4 is 19.7 Å². The van der Waals surface area contributed by atoms with Crippen molar-refractivity contribution in [3.63, 3.8) is 0 Å². The van der Waals surface area contributed by atoms with Crippen LogP contribution in [0.25, 0.3) is 10.9 Å². The Kier molecular flexibility index (Phi) is 7.93. The molecule has 0 atom stereocenters. The molecule has 0 unspecified atom stereocenters. The molecule has 4 rings (SSSR count). The van der Waals surface area contributed by atoms with Crippen LogP contribution in [0.3, 0.4) is 0 Å². The summed E-state index contributed by atoms with van der Waals surface area (Å²) in [7, 11) is 1.56. The zero-order valence-electron chi connectivity index (χ0n) is 19.6. The van der Waals surface area contributed by atoms with Crippen LogP contribution in [0, 0.1) is 6.92 Å². The second-order valence-electron chi connectivity index (χ2n) is 7.94. The van der Waals surface area contributed by atoms with Crippen LogP contribution >= 0.6 is 23.2 Å². The first kappa shape index (κ1) is 25.3. The number of aromatic nitrogens is 1. The number of anilines is 1. The van der Waals surface area contributed by atoms with Gasteiger partial charge in [-0.2, -0.15) is 0 Å². The summed E-state index contributed by atoms with van der Waals surface area (Å²) in [5.74, 6) is 0.571. The van der Waals surface area contributed by atoms with Crippen LogP contribution in [-0.4, -0.2) is 30.6 Å². The first-order valence-electron chi connectivity index (χ1n) is 11.1. The molecule has 36 heavy (non-hydrogen) atoms. The minimum atomic E-state index is -0.738. The molecular weight excluding hydrogens is 501 g/mol. The minimum Gasteiger partial charge on any atom is -0.487 e. The van der Waals surface area contributed by atoms with Crippen molar-refractivity contribution >= 4 is 51.8 Å². The van der Waals surface area contributed by atoms with E-state index >= 15 is 0 Å². The number of hydrogen-bond acceptors (Lipinski definition) is 5. The topological polar surface area (TPSA) is 80.8 Å². The standard InChI is InChI=1S/C27H23Cl2N3O4/c1-17-11-12-18-7-6-10-23(26(18)31-17)35-16-20-21(28)13-14-22(25(20)29)32(2)24(33)15-30-27(34)36-19-8-4-3-5-9-19/h3-14H,15-16H2,1-2H3,(H,30,34). The maximum Gasteiger partial charge on any atom is 0.413 e. The van der Waals surface area contributed by atoms with Gasteiger partial charge in [0.15, 0.2) is 0 Å². The second kappa shape index (κ2) is 11.3. The lowest BCUT2D eigenvalue weighted by molar-refractivity contribution is -0.117. The third-order valence-corrected chi connectivity index (χ3v) is 6.21. The summed E-state index contributed by atoms with van der Waals surface area (Å²) < 4.78 is 11.2. The molecule has 0 saturated heterocycles. The second-order valence-corrected chi connectivity index (χ2v) is 8.72. The van der Waals surface area contributed by atoms with Crippen molar-refractivity contribution in [1.29, 1.82) is 0 Å². The molecule has 3 aromatic carbocycles. The van der Waals surface area contributed by atoms with E-state index in [1.54, 1.807) is 49.5 Å². The fourth-order valence-electron chi connectivity index (χ4n) is 3.49. The first-order chi connectivity index (χ1) is 17.3. The molecule has 0 aliphatic heterocycles. The third-order valence-electron chi connectivity index (χ3n) is 5.43. The number of carbonyl (C=O) groups is 2. The number of ether oxygens (including phenoxy) is 2. The average Bonchev–Trinajstić information content (AvgIpc) is 2.87. The van der Waals surface area contributed by atoms with E-state index in [1.807, 2.05) is 37.3 Å². The number of fused-ring (bicyclic) bond motifs is 1. The highest BCUT2D eigenvalue weighted by Crippen LogP contribution is 2.35. The van der Waals surface area contributed by atoms with Crippen molar-refractivity contribution < 1.29 is 19.1 Å². The lowest BCUT2D eigenvalue weighted by Crippen LogP contribution is -2.39. The minimum absolute atomic E-state index is 0.0733. The first-order valence-corrected chi connectivity index (χ1v) is 11.8. The van der Waals surface area contributed by atoms with Gasteiger partial charge < -0.3 is 19.7 Å². The molecule has 0 spiro atoms. The van der Waals surface area contributed by atoms with Crippen LogP contribution in [0.1, 0.15) is 11.3 Å². The van der Waals surface area contributed by atoms with E-state index in [1.165, 1.54) is 4.90 Å². The Morgan fingerprint density at radius 1 is 0.972 bits per heavy atom. The lowest BCUT2D eigenvalue weighted by Gasteiger charge is -2.21. The molecular formula is C27H23Cl2N3O4. The molecule has 0 saturated carbocycles. The summed E-state index contributed by atoms with van der Waals surface area (Å²) in [6.45, 7) is 1.70. The monoisotopic (exact) mass is 523 g/mol. The molecule has 1 heterocycles. The van der Waals surface area contributed by atoms with E-state index in [0.29, 0.717) is 27.8 Å². The van der Waals surface area contributed by atoms with Gasteiger partial charge in [-0.1, -0.05) is 59.6 Å². The number of likely N-dealkylation sites (N-methyl/N-ethyl adjacent to an activating group) is 1. The number of carbonyl (C=O) groups excluding carboxylic acids is 2. The third kappa shape index (κ3) is 5.87. The number of benzene rings is 3. The van der Waals surface area contributed by atoms with Crippen LogP contribution in [-0.2, 0) is 11.4 Å². The Labute approximate surface area is 218 Å². The highest BCUT2D eigenvalue weighted by Gasteiger charge is 2.20. The van der Waals surface area contributed by atoms with Gasteiger partial charge in [0, 0.05) is 28.7 Å². The molecule has 0 aliphatic rings. The number of nitrogens with zero attached hydrogens (tertiary/aromatic N) is 2. The summed E-state index contributed by atoms with van der Waals surface area (Å²) in [4.78, 5) is 30.7. The fourth-order valence-corrected chi connectivity index (χ4v) is 4.10. The van der Waals surface area contributed by atoms with Crippen molar-refractivity contribution in [3.8, 4) is 11.5 Å². The molecule has 184 valence electrons. The predicted octanol–water partition coefficient (Wildman–Crippen LogP) is 6.18. The van der Waals surface area contributed by atoms with E-state index < -0.39 is 12.0 Å². The van der Waals surface area contributed by atoms with Gasteiger partial charge in [0.1, 0.15) is 30.2 Å². The SMILES string of the molecule is Cc1ccc2cccc(OCc3c(Cl)ccc(N(C)C(=O)CNC(=O)Oc4ccccc4)c3Cl)c2n1. The largest absolute Gasteiger partial charge is 0.487 e. The average molecular weight is 524 g/mol. The highest BCUT2D eigenvalue weighted by atomic mass is 35.5. The Hall–Kier alpha value is -3.81. The summed E-state index contributed by atoms with van der Waals surface area (Å²) in [6, 6.07) is 21.4. The van der Waals surface area contributed by atoms with Gasteiger partial charge >= 0.3 is 6.09 Å². The Balaban J connectivity index is 1.45. The number of rotatable bonds is 7. The Morgan fingerprint density at radius 3 is 2.53 bits per heavy atom. The number of pyridine rings is 1. The molecule has 1 N–H and O–H groups in total. The van der Waals surface area contributed by atoms with Crippen LogP contribution in [0.15, 0.2) is 72.8 Å². The molecule has 9 heteroatoms. The Bertz CT molecular complexity index is 1410. The van der Waals surface area contributed by atoms with Crippen LogP contribution in [0.4, 0.5) is 10.5 Å². The van der Waals surface area contributed by atoms with E-state index in [2.05, 4.69) is 10.3 Å². The molecule has 0 radical (unpaired) electrons. The van der Waals surface area contributed by atoms with Gasteiger partial charge in [-0.05, 0) is 43.3 Å². The summed E-state index contributed by atoms with van der Waals surface area (Å²) >= 11 is 13.1. The van der Waals surface area contributed by atoms with Crippen molar-refractivity contribution in [2.24, 2.45) is 0 Å². The number of halogens is 2. The zero-order chi connectivity index (χ0) is 25.7. The van der Waals surface area contributed by atoms with Crippen LogP contribution in [0.2, 0.25) is 10.0 Å². The van der Waals surface area contributed by atoms with Crippen LogP contribution in [0.5, 0.6) is 11.5 Å². The number of amides is 2. The van der Waals surface area contributed by atoms with Crippen molar-refractivity contribution in [1.82, 2.24) is 10.3 Å². The lowest BCUT2D eigenvalue weighted by atomic mass is 10.1. The normalized spacial score (nSPS) is 10.7. The van der Waals surface area contributed by atoms with Gasteiger partial charge in [-0.25, -0.2) is 9.78 Å². The fraction of sp³-hybridized carbons (Fsp3) is 0.148. The zero-order valence-corrected chi connectivity index (χ0v) is 21.1. The van der Waals surface area contributed by atoms with E-state index in [4.69, 9.17) is 32.7 Å². The van der Waals surface area contributed by atoms with Crippen molar-refractivity contribution in [2.45, 2.75) is 13.5 Å². The molecule has 1 aromatic heterocycles. The van der Waals surface area contributed by atoms with Crippen molar-refractivity contribution in [3.05, 3.63) is 94.1 Å². The predicted molar refractivity (Wildman–Crippen MR) is 141 cm³/mol. The van der Waals surface area contributed by atoms with Gasteiger partial charge in [0.25, 0.3) is 0 Å². The quantitative estimate of drug-likeness (QED) is 0.312. The summed E-state index contributed by atoms with van der Waals surface area (Å²) in [5.41, 5.74) is 2.56. The number of para-hydroxylation sites is 2. The smallest absolute Gasteiger partial charge is 0.413 e. The van der Waals surface area contributed by atoms with E-state index in [-0.39, 0.29) is 18.2 Å². The molecule has 4 aromatic rings. The van der Waals surface area contributed by atoms with Gasteiger partial charge in [-0.3, -0.25) is 4.79 Å². The summed E-state index contributed by atoms with van der Waals surface area (Å²) in [5, 5.41) is 4.07. The maximum absolute atomic E-state index is 12.7. The molecule has 0 bridgehead atoms.